The zero-order valence-electron chi connectivity index (χ0n) is 9.87. The highest BCUT2D eigenvalue weighted by atomic mass is 16.1. The minimum atomic E-state index is -0.246. The number of nitrogens with zero attached hydrogens (tertiary/aromatic N) is 1. The molecule has 0 aliphatic rings. The van der Waals surface area contributed by atoms with Gasteiger partial charge in [-0.05, 0) is 31.9 Å². The van der Waals surface area contributed by atoms with Gasteiger partial charge in [0.05, 0.1) is 12.0 Å². The van der Waals surface area contributed by atoms with Gasteiger partial charge in [0.15, 0.2) is 0 Å². The quantitative estimate of drug-likeness (QED) is 0.844. The van der Waals surface area contributed by atoms with E-state index in [9.17, 15) is 4.79 Å². The molecule has 1 aromatic rings. The second kappa shape index (κ2) is 5.32. The lowest BCUT2D eigenvalue weighted by Gasteiger charge is -2.11. The lowest BCUT2D eigenvalue weighted by atomic mass is 10.1. The largest absolute Gasteiger partial charge is 0.326 e. The van der Waals surface area contributed by atoms with Crippen molar-refractivity contribution in [1.29, 1.82) is 5.26 Å². The highest BCUT2D eigenvalue weighted by molar-refractivity contribution is 5.92. The Morgan fingerprint density at radius 2 is 2.00 bits per heavy atom. The van der Waals surface area contributed by atoms with Crippen LogP contribution < -0.4 is 5.32 Å². The van der Waals surface area contributed by atoms with E-state index in [0.717, 1.165) is 16.8 Å². The molecular formula is C13H16N2O. The van der Waals surface area contributed by atoms with Crippen molar-refractivity contribution in [2.45, 2.75) is 27.2 Å². The normalized spacial score (nSPS) is 11.6. The fraction of sp³-hybridized carbons (Fsp3) is 0.385. The Balaban J connectivity index is 2.74. The number of rotatable bonds is 3. The number of carbonyl (C=O) groups is 1. The Kier molecular flexibility index (Phi) is 4.07. The summed E-state index contributed by atoms with van der Waals surface area (Å²) >= 11 is 0. The Bertz CT molecular complexity index is 412. The van der Waals surface area contributed by atoms with Gasteiger partial charge < -0.3 is 5.32 Å². The molecule has 1 amide bonds. The average Bonchev–Trinajstić information content (AvgIpc) is 2.23. The van der Waals surface area contributed by atoms with Crippen LogP contribution in [-0.2, 0) is 4.79 Å². The molecule has 1 rings (SSSR count). The van der Waals surface area contributed by atoms with Gasteiger partial charge in [0, 0.05) is 12.1 Å². The summed E-state index contributed by atoms with van der Waals surface area (Å²) in [7, 11) is 0. The van der Waals surface area contributed by atoms with Gasteiger partial charge in [0.2, 0.25) is 5.91 Å². The molecule has 0 aliphatic carbocycles. The molecule has 0 aromatic heterocycles. The van der Waals surface area contributed by atoms with Crippen molar-refractivity contribution in [3.8, 4) is 6.07 Å². The summed E-state index contributed by atoms with van der Waals surface area (Å²) in [5, 5.41) is 11.5. The highest BCUT2D eigenvalue weighted by Gasteiger charge is 2.10. The first-order chi connectivity index (χ1) is 7.54. The molecule has 84 valence electrons. The number of nitriles is 1. The Morgan fingerprint density at radius 3 is 2.50 bits per heavy atom. The smallest absolute Gasteiger partial charge is 0.225 e. The van der Waals surface area contributed by atoms with Crippen molar-refractivity contribution in [3.05, 3.63) is 29.3 Å². The lowest BCUT2D eigenvalue weighted by Crippen LogP contribution is -2.15. The summed E-state index contributed by atoms with van der Waals surface area (Å²) < 4.78 is 0. The van der Waals surface area contributed by atoms with Crippen LogP contribution in [0.2, 0.25) is 0 Å². The van der Waals surface area contributed by atoms with Crippen molar-refractivity contribution < 1.29 is 4.79 Å². The lowest BCUT2D eigenvalue weighted by molar-refractivity contribution is -0.116. The third-order valence-corrected chi connectivity index (χ3v) is 2.46. The van der Waals surface area contributed by atoms with Crippen molar-refractivity contribution >= 4 is 11.6 Å². The summed E-state index contributed by atoms with van der Waals surface area (Å²) in [5.74, 6) is -0.351. The maximum absolute atomic E-state index is 11.6. The summed E-state index contributed by atoms with van der Waals surface area (Å²) in [6.07, 6.45) is 0.240. The maximum Gasteiger partial charge on any atom is 0.225 e. The molecular weight excluding hydrogens is 200 g/mol. The molecule has 0 bridgehead atoms. The molecule has 0 fully saturated rings. The number of hydrogen-bond donors (Lipinski definition) is 1. The minimum Gasteiger partial charge on any atom is -0.326 e. The van der Waals surface area contributed by atoms with Gasteiger partial charge in [0.1, 0.15) is 0 Å². The molecule has 0 heterocycles. The number of carbonyl (C=O) groups excluding carboxylic acids is 1. The molecule has 1 unspecified atom stereocenters. The minimum absolute atomic E-state index is 0.105. The van der Waals surface area contributed by atoms with Crippen molar-refractivity contribution in [2.75, 3.05) is 5.32 Å². The Labute approximate surface area is 96.1 Å². The van der Waals surface area contributed by atoms with E-state index in [1.807, 2.05) is 32.0 Å². The van der Waals surface area contributed by atoms with Gasteiger partial charge in [-0.25, -0.2) is 0 Å². The van der Waals surface area contributed by atoms with Crippen LogP contribution in [0.1, 0.15) is 24.5 Å². The summed E-state index contributed by atoms with van der Waals surface area (Å²) in [4.78, 5) is 11.6. The fourth-order valence-corrected chi connectivity index (χ4v) is 1.53. The molecule has 0 saturated carbocycles. The van der Waals surface area contributed by atoms with Crippen molar-refractivity contribution in [3.63, 3.8) is 0 Å². The van der Waals surface area contributed by atoms with Crippen LogP contribution in [-0.4, -0.2) is 5.91 Å². The number of amides is 1. The molecule has 3 heteroatoms. The van der Waals surface area contributed by atoms with E-state index in [-0.39, 0.29) is 18.2 Å². The van der Waals surface area contributed by atoms with Crippen LogP contribution in [0.5, 0.6) is 0 Å². The molecule has 3 nitrogen and oxygen atoms in total. The number of para-hydroxylation sites is 1. The average molecular weight is 216 g/mol. The van der Waals surface area contributed by atoms with Crippen LogP contribution in [0.25, 0.3) is 0 Å². The topological polar surface area (TPSA) is 52.9 Å². The van der Waals surface area contributed by atoms with E-state index in [1.165, 1.54) is 0 Å². The summed E-state index contributed by atoms with van der Waals surface area (Å²) in [6.45, 7) is 5.65. The van der Waals surface area contributed by atoms with Gasteiger partial charge in [0.25, 0.3) is 0 Å². The van der Waals surface area contributed by atoms with Gasteiger partial charge in [-0.3, -0.25) is 4.79 Å². The number of nitrogens with one attached hydrogen (secondary N) is 1. The molecule has 0 saturated heterocycles. The molecule has 0 spiro atoms. The molecule has 16 heavy (non-hydrogen) atoms. The van der Waals surface area contributed by atoms with E-state index in [0.29, 0.717) is 0 Å². The first-order valence-electron chi connectivity index (χ1n) is 5.30. The molecule has 0 aliphatic heterocycles. The second-order valence-electron chi connectivity index (χ2n) is 4.05. The van der Waals surface area contributed by atoms with Crippen LogP contribution in [0.3, 0.4) is 0 Å². The monoisotopic (exact) mass is 216 g/mol. The standard InChI is InChI=1S/C13H16N2O/c1-9(8-14)7-12(16)15-13-10(2)5-4-6-11(13)3/h4-6,9H,7H2,1-3H3,(H,15,16). The zero-order chi connectivity index (χ0) is 12.1. The molecule has 1 aromatic carbocycles. The van der Waals surface area contributed by atoms with Gasteiger partial charge in [-0.1, -0.05) is 18.2 Å². The number of hydrogen-bond acceptors (Lipinski definition) is 2. The maximum atomic E-state index is 11.6. The summed E-state index contributed by atoms with van der Waals surface area (Å²) in [5.41, 5.74) is 2.94. The highest BCUT2D eigenvalue weighted by Crippen LogP contribution is 2.19. The van der Waals surface area contributed by atoms with Gasteiger partial charge in [-0.2, -0.15) is 5.26 Å². The SMILES string of the molecule is Cc1cccc(C)c1NC(=O)CC(C)C#N. The Hall–Kier alpha value is -1.82. The van der Waals surface area contributed by atoms with Crippen LogP contribution in [0.15, 0.2) is 18.2 Å². The van der Waals surface area contributed by atoms with E-state index < -0.39 is 0 Å². The number of aryl methyl sites for hydroxylation is 2. The number of benzene rings is 1. The van der Waals surface area contributed by atoms with Gasteiger partial charge in [-0.15, -0.1) is 0 Å². The van der Waals surface area contributed by atoms with Gasteiger partial charge >= 0.3 is 0 Å². The van der Waals surface area contributed by atoms with E-state index in [1.54, 1.807) is 6.92 Å². The fourth-order valence-electron chi connectivity index (χ4n) is 1.53. The first-order valence-corrected chi connectivity index (χ1v) is 5.30. The van der Waals surface area contributed by atoms with Crippen LogP contribution in [0.4, 0.5) is 5.69 Å². The number of anilines is 1. The molecule has 1 atom stereocenters. The predicted octanol–water partition coefficient (Wildman–Crippen LogP) is 2.79. The Morgan fingerprint density at radius 1 is 1.44 bits per heavy atom. The van der Waals surface area contributed by atoms with E-state index in [2.05, 4.69) is 11.4 Å². The zero-order valence-corrected chi connectivity index (χ0v) is 9.87. The van der Waals surface area contributed by atoms with Crippen molar-refractivity contribution in [1.82, 2.24) is 0 Å². The predicted molar refractivity (Wildman–Crippen MR) is 63.9 cm³/mol. The summed E-state index contributed by atoms with van der Waals surface area (Å²) in [6, 6.07) is 7.92. The third kappa shape index (κ3) is 3.09. The van der Waals surface area contributed by atoms with E-state index >= 15 is 0 Å². The third-order valence-electron chi connectivity index (χ3n) is 2.46. The van der Waals surface area contributed by atoms with Crippen LogP contribution in [0, 0.1) is 31.1 Å². The van der Waals surface area contributed by atoms with Crippen LogP contribution >= 0.6 is 0 Å². The first kappa shape index (κ1) is 12.3. The molecule has 0 radical (unpaired) electrons. The van der Waals surface area contributed by atoms with E-state index in [4.69, 9.17) is 5.26 Å². The van der Waals surface area contributed by atoms with Crippen molar-refractivity contribution in [2.24, 2.45) is 5.92 Å². The second-order valence-corrected chi connectivity index (χ2v) is 4.05. The molecule has 1 N–H and O–H groups in total.